The molecular weight excluding hydrogens is 266 g/mol. The summed E-state index contributed by atoms with van der Waals surface area (Å²) in [6, 6.07) is 0. The number of ether oxygens (including phenoxy) is 1. The molecule has 0 aliphatic heterocycles. The average Bonchev–Trinajstić information content (AvgIpc) is 1.87. The first-order chi connectivity index (χ1) is 4.59. The number of esters is 1. The molecule has 0 aliphatic rings. The predicted octanol–water partition coefficient (Wildman–Crippen LogP) is 2.45. The fraction of sp³-hybridized carbons (Fsp3) is 0.500. The lowest BCUT2D eigenvalue weighted by molar-refractivity contribution is -0.137. The number of halogens is 2. The summed E-state index contributed by atoms with van der Waals surface area (Å²) in [4.78, 5) is 10.8. The zero-order valence-corrected chi connectivity index (χ0v) is 8.69. The monoisotopic (exact) mass is 274 g/mol. The quantitative estimate of drug-likeness (QED) is 0.439. The van der Waals surface area contributed by atoms with Crippen molar-refractivity contribution >= 4 is 40.2 Å². The third-order valence-electron chi connectivity index (χ3n) is 0.757. The maximum atomic E-state index is 10.8. The van der Waals surface area contributed by atoms with Crippen molar-refractivity contribution in [1.82, 2.24) is 0 Å². The molecule has 0 saturated heterocycles. The van der Waals surface area contributed by atoms with Crippen LogP contribution in [0.3, 0.4) is 0 Å². The Bertz CT molecular complexity index is 161. The molecule has 0 rings (SSSR count). The van der Waals surface area contributed by atoms with Crippen LogP contribution in [0.5, 0.6) is 0 Å². The number of carbonyl (C=O) groups is 1. The number of hydrogen-bond donors (Lipinski definition) is 0. The van der Waals surface area contributed by atoms with Gasteiger partial charge < -0.3 is 4.74 Å². The van der Waals surface area contributed by atoms with Gasteiger partial charge in [-0.2, -0.15) is 0 Å². The summed E-state index contributed by atoms with van der Waals surface area (Å²) in [6.45, 7) is 3.79. The Morgan fingerprint density at radius 1 is 1.70 bits per heavy atom. The van der Waals surface area contributed by atoms with Gasteiger partial charge in [-0.25, -0.2) is 4.79 Å². The van der Waals surface area contributed by atoms with E-state index < -0.39 is 0 Å². The van der Waals surface area contributed by atoms with Gasteiger partial charge in [0.2, 0.25) is 0 Å². The molecule has 0 heterocycles. The van der Waals surface area contributed by atoms with Gasteiger partial charge in [-0.05, 0) is 36.4 Å². The van der Waals surface area contributed by atoms with Crippen LogP contribution in [0.1, 0.15) is 13.8 Å². The summed E-state index contributed by atoms with van der Waals surface area (Å²) in [7, 11) is 0. The Morgan fingerprint density at radius 3 is 2.50 bits per heavy atom. The van der Waals surface area contributed by atoms with Crippen LogP contribution >= 0.6 is 34.2 Å². The van der Waals surface area contributed by atoms with E-state index >= 15 is 0 Å². The van der Waals surface area contributed by atoms with Crippen LogP contribution in [0.15, 0.2) is 8.61 Å². The first-order valence-electron chi connectivity index (χ1n) is 2.78. The highest BCUT2D eigenvalue weighted by Gasteiger charge is 2.07. The van der Waals surface area contributed by atoms with Gasteiger partial charge in [0.15, 0.2) is 0 Å². The lowest BCUT2D eigenvalue weighted by Crippen LogP contribution is -2.03. The summed E-state index contributed by atoms with van der Waals surface area (Å²) in [5, 5.41) is 0.471. The van der Waals surface area contributed by atoms with Crippen LogP contribution in [-0.2, 0) is 9.53 Å². The van der Waals surface area contributed by atoms with Crippen molar-refractivity contribution in [3.8, 4) is 0 Å². The number of hydrogen-bond acceptors (Lipinski definition) is 2. The fourth-order valence-electron chi connectivity index (χ4n) is 0.335. The van der Waals surface area contributed by atoms with Gasteiger partial charge in [0.1, 0.15) is 3.58 Å². The molecule has 4 heteroatoms. The molecule has 0 unspecified atom stereocenters. The van der Waals surface area contributed by atoms with Gasteiger partial charge in [-0.3, -0.25) is 0 Å². The third-order valence-corrected chi connectivity index (χ3v) is 2.51. The molecule has 0 aromatic rings. The van der Waals surface area contributed by atoms with E-state index in [0.29, 0.717) is 15.2 Å². The zero-order chi connectivity index (χ0) is 8.15. The first kappa shape index (κ1) is 10.2. The molecule has 0 aliphatic carbocycles. The van der Waals surface area contributed by atoms with E-state index in [-0.39, 0.29) is 5.97 Å². The molecule has 58 valence electrons. The van der Waals surface area contributed by atoms with Crippen LogP contribution in [0.4, 0.5) is 0 Å². The van der Waals surface area contributed by atoms with Gasteiger partial charge >= 0.3 is 5.97 Å². The van der Waals surface area contributed by atoms with Crippen molar-refractivity contribution in [2.45, 2.75) is 13.8 Å². The van der Waals surface area contributed by atoms with E-state index in [9.17, 15) is 4.79 Å². The van der Waals surface area contributed by atoms with Crippen molar-refractivity contribution in [3.05, 3.63) is 8.61 Å². The smallest absolute Gasteiger partial charge is 0.345 e. The van der Waals surface area contributed by atoms with Gasteiger partial charge in [-0.1, -0.05) is 11.6 Å². The van der Waals surface area contributed by atoms with E-state index in [4.69, 9.17) is 11.6 Å². The van der Waals surface area contributed by atoms with Gasteiger partial charge in [0, 0.05) is 5.03 Å². The Hall–Kier alpha value is 0.230. The second kappa shape index (κ2) is 4.96. The van der Waals surface area contributed by atoms with Crippen LogP contribution < -0.4 is 0 Å². The summed E-state index contributed by atoms with van der Waals surface area (Å²) < 4.78 is 5.12. The molecule has 0 atom stereocenters. The van der Waals surface area contributed by atoms with Crippen LogP contribution in [0, 0.1) is 0 Å². The second-order valence-electron chi connectivity index (χ2n) is 1.57. The van der Waals surface area contributed by atoms with Crippen molar-refractivity contribution in [2.75, 3.05) is 6.61 Å². The molecule has 2 nitrogen and oxygen atoms in total. The Balaban J connectivity index is 4.09. The molecule has 0 N–H and O–H groups in total. The predicted molar refractivity (Wildman–Crippen MR) is 49.2 cm³/mol. The van der Waals surface area contributed by atoms with Gasteiger partial charge in [0.05, 0.1) is 6.61 Å². The van der Waals surface area contributed by atoms with Crippen LogP contribution in [0.25, 0.3) is 0 Å². The maximum absolute atomic E-state index is 10.8. The highest BCUT2D eigenvalue weighted by atomic mass is 127. The molecule has 0 radical (unpaired) electrons. The minimum absolute atomic E-state index is 0.351. The van der Waals surface area contributed by atoms with E-state index in [1.54, 1.807) is 13.8 Å². The molecule has 0 amide bonds. The Labute approximate surface area is 78.7 Å². The van der Waals surface area contributed by atoms with E-state index in [0.717, 1.165) is 0 Å². The standard InChI is InChI=1S/C6H8ClIO2/c1-3-10-6(9)5(8)4(2)7/h3H2,1-2H3/b5-4+. The largest absolute Gasteiger partial charge is 0.462 e. The molecule has 10 heavy (non-hydrogen) atoms. The van der Waals surface area contributed by atoms with Crippen LogP contribution in [0.2, 0.25) is 0 Å². The number of carbonyl (C=O) groups excluding carboxylic acids is 1. The van der Waals surface area contributed by atoms with Gasteiger partial charge in [0.25, 0.3) is 0 Å². The molecule has 0 spiro atoms. The Kier molecular flexibility index (Phi) is 5.07. The molecule has 0 aromatic carbocycles. The normalized spacial score (nSPS) is 12.4. The van der Waals surface area contributed by atoms with Crippen molar-refractivity contribution in [1.29, 1.82) is 0 Å². The molecule has 0 saturated carbocycles. The third kappa shape index (κ3) is 3.41. The summed E-state index contributed by atoms with van der Waals surface area (Å²) in [6.07, 6.45) is 0. The zero-order valence-electron chi connectivity index (χ0n) is 5.78. The molecule has 0 aromatic heterocycles. The topological polar surface area (TPSA) is 26.3 Å². The van der Waals surface area contributed by atoms with E-state index in [2.05, 4.69) is 4.74 Å². The highest BCUT2D eigenvalue weighted by Crippen LogP contribution is 2.16. The van der Waals surface area contributed by atoms with E-state index in [1.807, 2.05) is 22.6 Å². The first-order valence-corrected chi connectivity index (χ1v) is 4.24. The average molecular weight is 274 g/mol. The number of rotatable bonds is 2. The summed E-state index contributed by atoms with van der Waals surface area (Å²) >= 11 is 7.38. The van der Waals surface area contributed by atoms with Crippen LogP contribution in [-0.4, -0.2) is 12.6 Å². The molecule has 0 fully saturated rings. The van der Waals surface area contributed by atoms with Crippen molar-refractivity contribution in [2.24, 2.45) is 0 Å². The van der Waals surface area contributed by atoms with Gasteiger partial charge in [-0.15, -0.1) is 0 Å². The summed E-state index contributed by atoms with van der Waals surface area (Å²) in [5.74, 6) is -0.351. The lowest BCUT2D eigenvalue weighted by atomic mass is 10.5. The fourth-order valence-corrected chi connectivity index (χ4v) is 0.568. The molecule has 0 bridgehead atoms. The SMILES string of the molecule is CCOC(=O)/C(I)=C(/C)Cl. The minimum atomic E-state index is -0.351. The number of allylic oxidation sites excluding steroid dienone is 1. The molecular formula is C6H8ClIO2. The summed E-state index contributed by atoms with van der Waals surface area (Å²) in [5.41, 5.74) is 0. The van der Waals surface area contributed by atoms with Crippen molar-refractivity contribution < 1.29 is 9.53 Å². The van der Waals surface area contributed by atoms with E-state index in [1.165, 1.54) is 0 Å². The highest BCUT2D eigenvalue weighted by molar-refractivity contribution is 14.1. The lowest BCUT2D eigenvalue weighted by Gasteiger charge is -1.99. The Morgan fingerprint density at radius 2 is 2.20 bits per heavy atom. The second-order valence-corrected chi connectivity index (χ2v) is 3.21. The maximum Gasteiger partial charge on any atom is 0.345 e. The minimum Gasteiger partial charge on any atom is -0.462 e. The van der Waals surface area contributed by atoms with Crippen molar-refractivity contribution in [3.63, 3.8) is 0 Å².